The number of hydrogen-bond donors (Lipinski definition) is 1. The molecule has 10 heteroatoms. The van der Waals surface area contributed by atoms with E-state index in [1.807, 2.05) is 85.4 Å². The molecule has 0 aliphatic carbocycles. The molecular weight excluding hydrogens is 508 g/mol. The zero-order valence-electron chi connectivity index (χ0n) is 21.1. The van der Waals surface area contributed by atoms with Crippen LogP contribution in [0.1, 0.15) is 41.7 Å². The number of ether oxygens (including phenoxy) is 2. The highest BCUT2D eigenvalue weighted by atomic mass is 32.2. The largest absolute Gasteiger partial charge is 0.483 e. The van der Waals surface area contributed by atoms with Crippen LogP contribution in [0.15, 0.2) is 65.1 Å². The van der Waals surface area contributed by atoms with Crippen molar-refractivity contribution in [3.63, 3.8) is 0 Å². The number of esters is 1. The van der Waals surface area contributed by atoms with Gasteiger partial charge in [0, 0.05) is 18.0 Å². The van der Waals surface area contributed by atoms with Crippen molar-refractivity contribution in [3.8, 4) is 16.9 Å². The lowest BCUT2D eigenvalue weighted by molar-refractivity contribution is -0.113. The number of carbonyl (C=O) groups is 2. The molecule has 37 heavy (non-hydrogen) atoms. The van der Waals surface area contributed by atoms with E-state index in [0.29, 0.717) is 21.5 Å². The molecule has 0 bridgehead atoms. The SMILES string of the molecule is CCOC(=O)c1c(-c2ccccc2)csc1NC(=O)CSc1nnc(C(C)Oc2ccc(C)cc2)n1C. The van der Waals surface area contributed by atoms with E-state index < -0.39 is 5.97 Å². The van der Waals surface area contributed by atoms with Gasteiger partial charge in [0.25, 0.3) is 0 Å². The van der Waals surface area contributed by atoms with Crippen LogP contribution in [0.4, 0.5) is 5.00 Å². The van der Waals surface area contributed by atoms with Crippen LogP contribution in [-0.2, 0) is 16.6 Å². The predicted molar refractivity (Wildman–Crippen MR) is 146 cm³/mol. The van der Waals surface area contributed by atoms with Crippen LogP contribution in [0.25, 0.3) is 11.1 Å². The normalized spacial score (nSPS) is 11.7. The van der Waals surface area contributed by atoms with Gasteiger partial charge in [-0.3, -0.25) is 4.79 Å². The predicted octanol–water partition coefficient (Wildman–Crippen LogP) is 5.90. The van der Waals surface area contributed by atoms with Gasteiger partial charge in [-0.15, -0.1) is 21.5 Å². The second kappa shape index (κ2) is 12.1. The molecule has 1 amide bonds. The first-order valence-electron chi connectivity index (χ1n) is 11.8. The van der Waals surface area contributed by atoms with Gasteiger partial charge >= 0.3 is 5.97 Å². The summed E-state index contributed by atoms with van der Waals surface area (Å²) in [5, 5.41) is 14.3. The van der Waals surface area contributed by atoms with E-state index in [9.17, 15) is 9.59 Å². The fraction of sp³-hybridized carbons (Fsp3) is 0.259. The molecule has 2 heterocycles. The van der Waals surface area contributed by atoms with Crippen LogP contribution in [-0.4, -0.2) is 39.0 Å². The van der Waals surface area contributed by atoms with Gasteiger partial charge in [-0.25, -0.2) is 4.79 Å². The van der Waals surface area contributed by atoms with Gasteiger partial charge in [-0.05, 0) is 38.5 Å². The summed E-state index contributed by atoms with van der Waals surface area (Å²) < 4.78 is 13.1. The summed E-state index contributed by atoms with van der Waals surface area (Å²) in [7, 11) is 1.84. The summed E-state index contributed by atoms with van der Waals surface area (Å²) in [6, 6.07) is 17.4. The molecule has 1 N–H and O–H groups in total. The Kier molecular flexibility index (Phi) is 8.62. The van der Waals surface area contributed by atoms with Crippen LogP contribution in [0.5, 0.6) is 5.75 Å². The highest BCUT2D eigenvalue weighted by molar-refractivity contribution is 7.99. The molecule has 0 aliphatic heterocycles. The number of thiophene rings is 1. The van der Waals surface area contributed by atoms with E-state index in [1.54, 1.807) is 6.92 Å². The Morgan fingerprint density at radius 1 is 1.11 bits per heavy atom. The summed E-state index contributed by atoms with van der Waals surface area (Å²) in [4.78, 5) is 25.6. The second-order valence-electron chi connectivity index (χ2n) is 8.25. The summed E-state index contributed by atoms with van der Waals surface area (Å²) in [5.74, 6) is 0.772. The van der Waals surface area contributed by atoms with Crippen molar-refractivity contribution in [1.82, 2.24) is 14.8 Å². The first-order chi connectivity index (χ1) is 17.9. The maximum atomic E-state index is 12.8. The maximum Gasteiger partial charge on any atom is 0.341 e. The Morgan fingerprint density at radius 2 is 1.84 bits per heavy atom. The van der Waals surface area contributed by atoms with Crippen molar-refractivity contribution < 1.29 is 19.1 Å². The smallest absolute Gasteiger partial charge is 0.341 e. The van der Waals surface area contributed by atoms with Gasteiger partial charge < -0.3 is 19.4 Å². The van der Waals surface area contributed by atoms with Gasteiger partial charge in [0.2, 0.25) is 5.91 Å². The molecule has 8 nitrogen and oxygen atoms in total. The molecule has 0 radical (unpaired) electrons. The van der Waals surface area contributed by atoms with Crippen LogP contribution >= 0.6 is 23.1 Å². The van der Waals surface area contributed by atoms with Crippen LogP contribution in [0, 0.1) is 6.92 Å². The van der Waals surface area contributed by atoms with Gasteiger partial charge in [0.1, 0.15) is 16.3 Å². The van der Waals surface area contributed by atoms with Gasteiger partial charge in [-0.1, -0.05) is 59.8 Å². The molecule has 0 fully saturated rings. The van der Waals surface area contributed by atoms with E-state index >= 15 is 0 Å². The average Bonchev–Trinajstić information content (AvgIpc) is 3.48. The number of nitrogens with one attached hydrogen (secondary N) is 1. The molecule has 0 saturated heterocycles. The fourth-order valence-electron chi connectivity index (χ4n) is 3.66. The lowest BCUT2D eigenvalue weighted by atomic mass is 10.0. The van der Waals surface area contributed by atoms with Crippen molar-refractivity contribution in [3.05, 3.63) is 76.9 Å². The Labute approximate surface area is 224 Å². The summed E-state index contributed by atoms with van der Waals surface area (Å²) in [6.45, 7) is 5.92. The Balaban J connectivity index is 1.42. The van der Waals surface area contributed by atoms with Gasteiger partial charge in [-0.2, -0.15) is 0 Å². The Morgan fingerprint density at radius 3 is 2.54 bits per heavy atom. The first-order valence-corrected chi connectivity index (χ1v) is 13.6. The van der Waals surface area contributed by atoms with Crippen LogP contribution in [0.2, 0.25) is 0 Å². The van der Waals surface area contributed by atoms with Crippen LogP contribution in [0.3, 0.4) is 0 Å². The van der Waals surface area contributed by atoms with Gasteiger partial charge in [0.15, 0.2) is 17.1 Å². The lowest BCUT2D eigenvalue weighted by Gasteiger charge is -2.14. The number of aromatic nitrogens is 3. The molecular formula is C27H28N4O4S2. The average molecular weight is 537 g/mol. The minimum absolute atomic E-state index is 0.0972. The molecule has 4 aromatic rings. The molecule has 0 aliphatic rings. The standard InChI is InChI=1S/C27H28N4O4S2/c1-5-34-26(33)23-21(19-9-7-6-8-10-19)15-36-25(23)28-22(32)16-37-27-30-29-24(31(27)4)18(3)35-20-13-11-17(2)12-14-20/h6-15,18H,5,16H2,1-4H3,(H,28,32). The molecule has 0 saturated carbocycles. The van der Waals surface area contributed by atoms with E-state index in [1.165, 1.54) is 23.1 Å². The molecule has 2 aromatic heterocycles. The van der Waals surface area contributed by atoms with Crippen molar-refractivity contribution in [2.45, 2.75) is 32.0 Å². The third-order valence-electron chi connectivity index (χ3n) is 5.51. The zero-order valence-corrected chi connectivity index (χ0v) is 22.7. The molecule has 0 spiro atoms. The van der Waals surface area contributed by atoms with E-state index in [2.05, 4.69) is 15.5 Å². The van der Waals surface area contributed by atoms with Gasteiger partial charge in [0.05, 0.1) is 12.4 Å². The third kappa shape index (κ3) is 6.39. The summed E-state index contributed by atoms with van der Waals surface area (Å²) >= 11 is 2.56. The number of nitrogens with zero attached hydrogens (tertiary/aromatic N) is 3. The topological polar surface area (TPSA) is 95.3 Å². The molecule has 4 rings (SSSR count). The number of carbonyl (C=O) groups excluding carboxylic acids is 2. The Hall–Kier alpha value is -3.63. The summed E-state index contributed by atoms with van der Waals surface area (Å²) in [5.41, 5.74) is 3.13. The molecule has 1 unspecified atom stereocenters. The van der Waals surface area contributed by atoms with Crippen molar-refractivity contribution in [2.75, 3.05) is 17.7 Å². The molecule has 2 aromatic carbocycles. The molecule has 192 valence electrons. The van der Waals surface area contributed by atoms with Crippen molar-refractivity contribution in [2.24, 2.45) is 7.05 Å². The zero-order chi connectivity index (χ0) is 26.4. The van der Waals surface area contributed by atoms with Crippen molar-refractivity contribution >= 4 is 40.0 Å². The third-order valence-corrected chi connectivity index (χ3v) is 7.42. The number of rotatable bonds is 10. The lowest BCUT2D eigenvalue weighted by Crippen LogP contribution is -2.17. The number of thioether (sulfide) groups is 1. The van der Waals surface area contributed by atoms with Crippen molar-refractivity contribution in [1.29, 1.82) is 0 Å². The first kappa shape index (κ1) is 26.4. The monoisotopic (exact) mass is 536 g/mol. The number of anilines is 1. The minimum Gasteiger partial charge on any atom is -0.483 e. The summed E-state index contributed by atoms with van der Waals surface area (Å²) in [6.07, 6.45) is -0.321. The highest BCUT2D eigenvalue weighted by Gasteiger charge is 2.23. The minimum atomic E-state index is -0.467. The number of hydrogen-bond acceptors (Lipinski definition) is 8. The number of amides is 1. The Bertz CT molecular complexity index is 1370. The van der Waals surface area contributed by atoms with Crippen LogP contribution < -0.4 is 10.1 Å². The van der Waals surface area contributed by atoms with E-state index in [0.717, 1.165) is 22.4 Å². The fourth-order valence-corrected chi connectivity index (χ4v) is 5.35. The quantitative estimate of drug-likeness (QED) is 0.199. The number of benzene rings is 2. The number of aryl methyl sites for hydroxylation is 1. The van der Waals surface area contributed by atoms with E-state index in [-0.39, 0.29) is 24.4 Å². The highest BCUT2D eigenvalue weighted by Crippen LogP contribution is 2.36. The maximum absolute atomic E-state index is 12.8. The molecule has 1 atom stereocenters. The van der Waals surface area contributed by atoms with E-state index in [4.69, 9.17) is 9.47 Å². The second-order valence-corrected chi connectivity index (χ2v) is 10.1.